The van der Waals surface area contributed by atoms with Gasteiger partial charge in [-0.2, -0.15) is 13.2 Å². The molecule has 4 nitrogen and oxygen atoms in total. The quantitative estimate of drug-likeness (QED) is 0.749. The van der Waals surface area contributed by atoms with Gasteiger partial charge in [-0.25, -0.2) is 9.18 Å². The lowest BCUT2D eigenvalue weighted by molar-refractivity contribution is -0.139. The van der Waals surface area contributed by atoms with Gasteiger partial charge in [0.15, 0.2) is 0 Å². The SMILES string of the molecule is CC(CO)C(C)NC(=O)Nc1ccc(F)c(C(F)(F)F)c1. The van der Waals surface area contributed by atoms with E-state index in [1.165, 1.54) is 0 Å². The molecule has 3 N–H and O–H groups in total. The summed E-state index contributed by atoms with van der Waals surface area (Å²) in [5.74, 6) is -1.62. The van der Waals surface area contributed by atoms with Crippen molar-refractivity contribution in [3.63, 3.8) is 0 Å². The van der Waals surface area contributed by atoms with Crippen molar-refractivity contribution in [2.24, 2.45) is 5.92 Å². The number of hydrogen-bond acceptors (Lipinski definition) is 2. The smallest absolute Gasteiger partial charge is 0.396 e. The zero-order chi connectivity index (χ0) is 16.2. The van der Waals surface area contributed by atoms with Gasteiger partial charge in [0, 0.05) is 18.3 Å². The van der Waals surface area contributed by atoms with E-state index in [0.717, 1.165) is 6.07 Å². The van der Waals surface area contributed by atoms with Gasteiger partial charge in [0.05, 0.1) is 5.56 Å². The molecule has 1 rings (SSSR count). The van der Waals surface area contributed by atoms with E-state index < -0.39 is 23.6 Å². The second-order valence-corrected chi connectivity index (χ2v) is 4.74. The molecule has 0 aliphatic heterocycles. The van der Waals surface area contributed by atoms with Crippen LogP contribution in [0.15, 0.2) is 18.2 Å². The summed E-state index contributed by atoms with van der Waals surface area (Å²) < 4.78 is 50.7. The summed E-state index contributed by atoms with van der Waals surface area (Å²) in [7, 11) is 0. The number of urea groups is 1. The van der Waals surface area contributed by atoms with E-state index in [0.29, 0.717) is 12.1 Å². The van der Waals surface area contributed by atoms with E-state index >= 15 is 0 Å². The van der Waals surface area contributed by atoms with Crippen molar-refractivity contribution >= 4 is 11.7 Å². The first kappa shape index (κ1) is 17.2. The van der Waals surface area contributed by atoms with E-state index in [1.807, 2.05) is 0 Å². The molecule has 0 aromatic heterocycles. The number of alkyl halides is 3. The number of hydrogen-bond donors (Lipinski definition) is 3. The van der Waals surface area contributed by atoms with E-state index in [1.54, 1.807) is 13.8 Å². The van der Waals surface area contributed by atoms with Crippen LogP contribution >= 0.6 is 0 Å². The molecule has 2 atom stereocenters. The molecular formula is C13H16F4N2O2. The standard InChI is InChI=1S/C13H16F4N2O2/c1-7(6-20)8(2)18-12(21)19-9-3-4-11(14)10(5-9)13(15,16)17/h3-5,7-8,20H,6H2,1-2H3,(H2,18,19,21). The summed E-state index contributed by atoms with van der Waals surface area (Å²) in [6, 6.07) is 1.08. The van der Waals surface area contributed by atoms with Crippen LogP contribution in [0, 0.1) is 11.7 Å². The maximum absolute atomic E-state index is 13.1. The van der Waals surface area contributed by atoms with Gasteiger partial charge in [-0.1, -0.05) is 6.92 Å². The molecule has 0 saturated carbocycles. The van der Waals surface area contributed by atoms with Gasteiger partial charge < -0.3 is 15.7 Å². The third kappa shape index (κ3) is 4.89. The summed E-state index contributed by atoms with van der Waals surface area (Å²) in [4.78, 5) is 11.6. The van der Waals surface area contributed by atoms with Crippen LogP contribution in [0.5, 0.6) is 0 Å². The molecule has 0 aliphatic carbocycles. The lowest BCUT2D eigenvalue weighted by Crippen LogP contribution is -2.40. The minimum absolute atomic E-state index is 0.143. The molecule has 0 heterocycles. The van der Waals surface area contributed by atoms with Crippen LogP contribution in [0.25, 0.3) is 0 Å². The number of nitrogens with one attached hydrogen (secondary N) is 2. The van der Waals surface area contributed by atoms with Gasteiger partial charge >= 0.3 is 12.2 Å². The fraction of sp³-hybridized carbons (Fsp3) is 0.462. The first-order valence-corrected chi connectivity index (χ1v) is 6.20. The molecule has 0 radical (unpaired) electrons. The predicted molar refractivity (Wildman–Crippen MR) is 69.3 cm³/mol. The highest BCUT2D eigenvalue weighted by Crippen LogP contribution is 2.32. The molecule has 1 aromatic carbocycles. The Balaban J connectivity index is 2.78. The Labute approximate surface area is 119 Å². The van der Waals surface area contributed by atoms with Crippen LogP contribution in [-0.2, 0) is 6.18 Å². The van der Waals surface area contributed by atoms with Crippen LogP contribution < -0.4 is 10.6 Å². The molecule has 0 fully saturated rings. The topological polar surface area (TPSA) is 61.4 Å². The van der Waals surface area contributed by atoms with Crippen LogP contribution in [0.1, 0.15) is 19.4 Å². The molecular weight excluding hydrogens is 292 g/mol. The number of anilines is 1. The Morgan fingerprint density at radius 3 is 2.48 bits per heavy atom. The van der Waals surface area contributed by atoms with Crippen molar-refractivity contribution in [1.29, 1.82) is 0 Å². The van der Waals surface area contributed by atoms with Crippen molar-refractivity contribution < 1.29 is 27.5 Å². The Hall–Kier alpha value is -1.83. The highest BCUT2D eigenvalue weighted by Gasteiger charge is 2.34. The normalized spacial score (nSPS) is 14.4. The highest BCUT2D eigenvalue weighted by atomic mass is 19.4. The van der Waals surface area contributed by atoms with Crippen LogP contribution in [-0.4, -0.2) is 23.8 Å². The summed E-state index contributed by atoms with van der Waals surface area (Å²) in [6.45, 7) is 3.20. The lowest BCUT2D eigenvalue weighted by Gasteiger charge is -2.19. The number of aliphatic hydroxyl groups is 1. The molecule has 2 amide bonds. The van der Waals surface area contributed by atoms with Gasteiger partial charge in [-0.3, -0.25) is 0 Å². The van der Waals surface area contributed by atoms with Crippen LogP contribution in [0.4, 0.5) is 28.0 Å². The first-order valence-electron chi connectivity index (χ1n) is 6.20. The minimum Gasteiger partial charge on any atom is -0.396 e. The Morgan fingerprint density at radius 1 is 1.33 bits per heavy atom. The van der Waals surface area contributed by atoms with E-state index in [-0.39, 0.29) is 24.3 Å². The molecule has 118 valence electrons. The van der Waals surface area contributed by atoms with Crippen molar-refractivity contribution in [1.82, 2.24) is 5.32 Å². The molecule has 0 bridgehead atoms. The van der Waals surface area contributed by atoms with Gasteiger partial charge in [-0.15, -0.1) is 0 Å². The third-order valence-electron chi connectivity index (χ3n) is 3.03. The number of aliphatic hydroxyl groups excluding tert-OH is 1. The summed E-state index contributed by atoms with van der Waals surface area (Å²) in [6.07, 6.45) is -4.84. The van der Waals surface area contributed by atoms with E-state index in [9.17, 15) is 22.4 Å². The van der Waals surface area contributed by atoms with Crippen molar-refractivity contribution in [2.75, 3.05) is 11.9 Å². The molecule has 1 aromatic rings. The van der Waals surface area contributed by atoms with Crippen LogP contribution in [0.3, 0.4) is 0 Å². The fourth-order valence-corrected chi connectivity index (χ4v) is 1.49. The largest absolute Gasteiger partial charge is 0.419 e. The number of benzene rings is 1. The highest BCUT2D eigenvalue weighted by molar-refractivity contribution is 5.89. The van der Waals surface area contributed by atoms with Gasteiger partial charge in [0.25, 0.3) is 0 Å². The summed E-state index contributed by atoms with van der Waals surface area (Å²) in [5, 5.41) is 13.6. The van der Waals surface area contributed by atoms with E-state index in [4.69, 9.17) is 5.11 Å². The monoisotopic (exact) mass is 308 g/mol. The maximum atomic E-state index is 13.1. The molecule has 2 unspecified atom stereocenters. The number of rotatable bonds is 4. The van der Waals surface area contributed by atoms with Gasteiger partial charge in [0.1, 0.15) is 5.82 Å². The molecule has 0 saturated heterocycles. The van der Waals surface area contributed by atoms with Crippen LogP contribution in [0.2, 0.25) is 0 Å². The summed E-state index contributed by atoms with van der Waals surface area (Å²) in [5.41, 5.74) is -1.62. The number of amides is 2. The van der Waals surface area contributed by atoms with Gasteiger partial charge in [0.2, 0.25) is 0 Å². The van der Waals surface area contributed by atoms with Gasteiger partial charge in [-0.05, 0) is 31.0 Å². The molecule has 21 heavy (non-hydrogen) atoms. The number of carbonyl (C=O) groups excluding carboxylic acids is 1. The predicted octanol–water partition coefficient (Wildman–Crippen LogP) is 2.98. The number of carbonyl (C=O) groups is 1. The Bertz CT molecular complexity index is 505. The fourth-order valence-electron chi connectivity index (χ4n) is 1.49. The van der Waals surface area contributed by atoms with Crippen molar-refractivity contribution in [2.45, 2.75) is 26.1 Å². The zero-order valence-electron chi connectivity index (χ0n) is 11.5. The summed E-state index contributed by atoms with van der Waals surface area (Å²) >= 11 is 0. The number of halogens is 4. The molecule has 8 heteroatoms. The zero-order valence-corrected chi connectivity index (χ0v) is 11.5. The average Bonchev–Trinajstić information content (AvgIpc) is 2.38. The van der Waals surface area contributed by atoms with Crippen molar-refractivity contribution in [3.8, 4) is 0 Å². The minimum atomic E-state index is -4.84. The second-order valence-electron chi connectivity index (χ2n) is 4.74. The lowest BCUT2D eigenvalue weighted by atomic mass is 10.1. The first-order chi connectivity index (χ1) is 9.65. The van der Waals surface area contributed by atoms with Crippen molar-refractivity contribution in [3.05, 3.63) is 29.6 Å². The third-order valence-corrected chi connectivity index (χ3v) is 3.03. The maximum Gasteiger partial charge on any atom is 0.419 e. The Morgan fingerprint density at radius 2 is 1.95 bits per heavy atom. The average molecular weight is 308 g/mol. The molecule has 0 spiro atoms. The second kappa shape index (κ2) is 6.75. The molecule has 0 aliphatic rings. The Kier molecular flexibility index (Phi) is 5.54. The van der Waals surface area contributed by atoms with E-state index in [2.05, 4.69) is 10.6 Å².